The van der Waals surface area contributed by atoms with Crippen LogP contribution in [0, 0.1) is 0 Å². The highest BCUT2D eigenvalue weighted by Crippen LogP contribution is 2.23. The monoisotopic (exact) mass is 256 g/mol. The zero-order valence-electron chi connectivity index (χ0n) is 10.2. The average molecular weight is 257 g/mol. The van der Waals surface area contributed by atoms with Gasteiger partial charge in [0.25, 0.3) is 0 Å². The number of aromatic nitrogens is 3. The van der Waals surface area contributed by atoms with Gasteiger partial charge in [-0.05, 0) is 44.7 Å². The van der Waals surface area contributed by atoms with Crippen molar-refractivity contribution in [1.29, 1.82) is 0 Å². The van der Waals surface area contributed by atoms with Crippen LogP contribution >= 0.6 is 11.6 Å². The third kappa shape index (κ3) is 2.97. The predicted octanol–water partition coefficient (Wildman–Crippen LogP) is 2.30. The van der Waals surface area contributed by atoms with Crippen LogP contribution in [0.1, 0.15) is 33.1 Å². The molecule has 1 unspecified atom stereocenters. The summed E-state index contributed by atoms with van der Waals surface area (Å²) < 4.78 is 5.28. The van der Waals surface area contributed by atoms with Gasteiger partial charge in [0, 0.05) is 12.6 Å². The van der Waals surface area contributed by atoms with Crippen LogP contribution in [0.4, 0.5) is 5.95 Å². The Morgan fingerprint density at radius 2 is 2.18 bits per heavy atom. The SMILES string of the molecule is CCOc1nc(Cl)nc(N2CCCCC2C)n1. The van der Waals surface area contributed by atoms with Gasteiger partial charge in [0.2, 0.25) is 11.2 Å². The lowest BCUT2D eigenvalue weighted by Crippen LogP contribution is -2.38. The molecule has 2 heterocycles. The minimum atomic E-state index is 0.191. The van der Waals surface area contributed by atoms with Crippen molar-refractivity contribution >= 4 is 17.5 Å². The molecule has 0 aliphatic carbocycles. The van der Waals surface area contributed by atoms with Crippen molar-refractivity contribution in [1.82, 2.24) is 15.0 Å². The molecule has 0 spiro atoms. The maximum absolute atomic E-state index is 5.88. The molecule has 1 atom stereocenters. The van der Waals surface area contributed by atoms with Crippen molar-refractivity contribution in [3.05, 3.63) is 5.28 Å². The molecule has 0 N–H and O–H groups in total. The summed E-state index contributed by atoms with van der Waals surface area (Å²) in [6, 6.07) is 0.747. The molecule has 1 aromatic rings. The van der Waals surface area contributed by atoms with Crippen molar-refractivity contribution in [2.45, 2.75) is 39.2 Å². The molecule has 6 heteroatoms. The molecule has 0 bridgehead atoms. The van der Waals surface area contributed by atoms with Gasteiger partial charge in [-0.15, -0.1) is 0 Å². The van der Waals surface area contributed by atoms with E-state index in [1.165, 1.54) is 6.42 Å². The van der Waals surface area contributed by atoms with E-state index in [0.29, 0.717) is 24.6 Å². The van der Waals surface area contributed by atoms with Crippen molar-refractivity contribution < 1.29 is 4.74 Å². The molecule has 0 saturated carbocycles. The summed E-state index contributed by atoms with van der Waals surface area (Å²) in [7, 11) is 0. The Hall–Kier alpha value is -1.10. The fourth-order valence-electron chi connectivity index (χ4n) is 2.04. The minimum absolute atomic E-state index is 0.191. The molecule has 94 valence electrons. The van der Waals surface area contributed by atoms with E-state index in [9.17, 15) is 0 Å². The molecular weight excluding hydrogens is 240 g/mol. The van der Waals surface area contributed by atoms with Gasteiger partial charge in [-0.25, -0.2) is 0 Å². The standard InChI is InChI=1S/C11H17ClN4O/c1-3-17-11-14-9(12)13-10(15-11)16-7-5-4-6-8(16)2/h8H,3-7H2,1-2H3. The van der Waals surface area contributed by atoms with Crippen LogP contribution in [0.25, 0.3) is 0 Å². The van der Waals surface area contributed by atoms with Crippen LogP contribution in [0.2, 0.25) is 5.28 Å². The molecule has 0 radical (unpaired) electrons. The molecule has 2 rings (SSSR count). The number of hydrogen-bond acceptors (Lipinski definition) is 5. The zero-order chi connectivity index (χ0) is 12.3. The molecule has 0 amide bonds. The zero-order valence-corrected chi connectivity index (χ0v) is 10.9. The third-order valence-corrected chi connectivity index (χ3v) is 3.08. The Kier molecular flexibility index (Phi) is 3.99. The number of ether oxygens (including phenoxy) is 1. The summed E-state index contributed by atoms with van der Waals surface area (Å²) in [5, 5.41) is 0.191. The van der Waals surface area contributed by atoms with Gasteiger partial charge in [0.1, 0.15) is 0 Å². The van der Waals surface area contributed by atoms with Gasteiger partial charge < -0.3 is 9.64 Å². The van der Waals surface area contributed by atoms with E-state index >= 15 is 0 Å². The van der Waals surface area contributed by atoms with E-state index in [0.717, 1.165) is 19.4 Å². The van der Waals surface area contributed by atoms with Crippen LogP contribution in [-0.2, 0) is 0 Å². The molecule has 5 nitrogen and oxygen atoms in total. The first-order valence-electron chi connectivity index (χ1n) is 6.01. The second-order valence-corrected chi connectivity index (χ2v) is 4.50. The second kappa shape index (κ2) is 5.49. The van der Waals surface area contributed by atoms with Crippen LogP contribution in [0.5, 0.6) is 6.01 Å². The van der Waals surface area contributed by atoms with Gasteiger partial charge in [-0.2, -0.15) is 15.0 Å². The van der Waals surface area contributed by atoms with Gasteiger partial charge in [-0.3, -0.25) is 0 Å². The molecule has 0 aromatic carbocycles. The lowest BCUT2D eigenvalue weighted by atomic mass is 10.0. The lowest BCUT2D eigenvalue weighted by molar-refractivity contribution is 0.310. The number of halogens is 1. The summed E-state index contributed by atoms with van der Waals surface area (Å²) in [6.45, 7) is 5.56. The quantitative estimate of drug-likeness (QED) is 0.831. The van der Waals surface area contributed by atoms with Gasteiger partial charge in [0.15, 0.2) is 0 Å². The van der Waals surface area contributed by atoms with E-state index in [1.54, 1.807) is 0 Å². The molecular formula is C11H17ClN4O. The molecule has 1 aromatic heterocycles. The number of piperidine rings is 1. The van der Waals surface area contributed by atoms with Crippen LogP contribution in [0.15, 0.2) is 0 Å². The Morgan fingerprint density at radius 1 is 1.35 bits per heavy atom. The van der Waals surface area contributed by atoms with Crippen molar-refractivity contribution in [3.63, 3.8) is 0 Å². The Bertz CT molecular complexity index is 388. The number of hydrogen-bond donors (Lipinski definition) is 0. The summed E-state index contributed by atoms with van der Waals surface area (Å²) >= 11 is 5.88. The van der Waals surface area contributed by atoms with E-state index in [-0.39, 0.29) is 5.28 Å². The fourth-order valence-corrected chi connectivity index (χ4v) is 2.19. The van der Waals surface area contributed by atoms with Crippen molar-refractivity contribution in [2.24, 2.45) is 0 Å². The molecule has 1 saturated heterocycles. The van der Waals surface area contributed by atoms with E-state index in [1.807, 2.05) is 6.92 Å². The summed E-state index contributed by atoms with van der Waals surface area (Å²) in [6.07, 6.45) is 3.58. The second-order valence-electron chi connectivity index (χ2n) is 4.16. The highest BCUT2D eigenvalue weighted by Gasteiger charge is 2.22. The fraction of sp³-hybridized carbons (Fsp3) is 0.727. The molecule has 1 aliphatic heterocycles. The number of nitrogens with zero attached hydrogens (tertiary/aromatic N) is 4. The maximum atomic E-state index is 5.88. The first kappa shape index (κ1) is 12.4. The number of rotatable bonds is 3. The molecule has 17 heavy (non-hydrogen) atoms. The van der Waals surface area contributed by atoms with Crippen LogP contribution in [-0.4, -0.2) is 34.1 Å². The van der Waals surface area contributed by atoms with Crippen LogP contribution < -0.4 is 9.64 Å². The Morgan fingerprint density at radius 3 is 2.88 bits per heavy atom. The first-order valence-corrected chi connectivity index (χ1v) is 6.39. The third-order valence-electron chi connectivity index (χ3n) is 2.91. The van der Waals surface area contributed by atoms with Crippen molar-refractivity contribution in [3.8, 4) is 6.01 Å². The smallest absolute Gasteiger partial charge is 0.322 e. The highest BCUT2D eigenvalue weighted by molar-refractivity contribution is 6.28. The largest absolute Gasteiger partial charge is 0.464 e. The van der Waals surface area contributed by atoms with Crippen LogP contribution in [0.3, 0.4) is 0 Å². The first-order chi connectivity index (χ1) is 8.20. The van der Waals surface area contributed by atoms with Gasteiger partial charge in [-0.1, -0.05) is 0 Å². The Labute approximate surface area is 106 Å². The maximum Gasteiger partial charge on any atom is 0.322 e. The number of anilines is 1. The summed E-state index contributed by atoms with van der Waals surface area (Å²) in [4.78, 5) is 14.6. The van der Waals surface area contributed by atoms with Gasteiger partial charge in [0.05, 0.1) is 6.61 Å². The average Bonchev–Trinajstić information content (AvgIpc) is 2.29. The highest BCUT2D eigenvalue weighted by atomic mass is 35.5. The van der Waals surface area contributed by atoms with Crippen molar-refractivity contribution in [2.75, 3.05) is 18.1 Å². The Balaban J connectivity index is 2.24. The topological polar surface area (TPSA) is 51.1 Å². The molecule has 1 fully saturated rings. The lowest BCUT2D eigenvalue weighted by Gasteiger charge is -2.33. The van der Waals surface area contributed by atoms with E-state index < -0.39 is 0 Å². The predicted molar refractivity (Wildman–Crippen MR) is 66.7 cm³/mol. The summed E-state index contributed by atoms with van der Waals surface area (Å²) in [5.41, 5.74) is 0. The normalized spacial score (nSPS) is 20.4. The molecule has 1 aliphatic rings. The minimum Gasteiger partial charge on any atom is -0.464 e. The summed E-state index contributed by atoms with van der Waals surface area (Å²) in [5.74, 6) is 0.626. The van der Waals surface area contributed by atoms with E-state index in [2.05, 4.69) is 26.8 Å². The van der Waals surface area contributed by atoms with Gasteiger partial charge >= 0.3 is 6.01 Å². The van der Waals surface area contributed by atoms with E-state index in [4.69, 9.17) is 16.3 Å².